The SMILES string of the molecule is COc1ccc(S(=O)(=O)N2CCc3nc4ncc(-c5cnn(C)c5)cc4cc3C2)cc1. The summed E-state index contributed by atoms with van der Waals surface area (Å²) in [4.78, 5) is 9.47. The number of methoxy groups -OCH3 is 1. The van der Waals surface area contributed by atoms with Gasteiger partial charge in [0, 0.05) is 61.2 Å². The van der Waals surface area contributed by atoms with Crippen molar-refractivity contribution < 1.29 is 13.2 Å². The van der Waals surface area contributed by atoms with Crippen molar-refractivity contribution in [2.24, 2.45) is 7.05 Å². The smallest absolute Gasteiger partial charge is 0.243 e. The Morgan fingerprint density at radius 2 is 1.87 bits per heavy atom. The van der Waals surface area contributed by atoms with Gasteiger partial charge in [-0.25, -0.2) is 18.4 Å². The predicted octanol–water partition coefficient (Wildman–Crippen LogP) is 2.79. The first-order chi connectivity index (χ1) is 14.9. The van der Waals surface area contributed by atoms with Crippen molar-refractivity contribution in [3.8, 4) is 16.9 Å². The molecule has 1 aromatic carbocycles. The lowest BCUT2D eigenvalue weighted by molar-refractivity contribution is 0.388. The lowest BCUT2D eigenvalue weighted by atomic mass is 10.0. The maximum Gasteiger partial charge on any atom is 0.243 e. The van der Waals surface area contributed by atoms with Crippen LogP contribution in [0.2, 0.25) is 0 Å². The number of rotatable bonds is 4. The van der Waals surface area contributed by atoms with E-state index in [1.54, 1.807) is 48.5 Å². The van der Waals surface area contributed by atoms with E-state index in [-0.39, 0.29) is 11.4 Å². The van der Waals surface area contributed by atoms with Gasteiger partial charge in [-0.1, -0.05) is 0 Å². The predicted molar refractivity (Wildman–Crippen MR) is 116 cm³/mol. The third-order valence-corrected chi connectivity index (χ3v) is 7.38. The summed E-state index contributed by atoms with van der Waals surface area (Å²) in [5.41, 5.74) is 4.38. The molecular formula is C22H21N5O3S. The summed E-state index contributed by atoms with van der Waals surface area (Å²) in [6, 6.07) is 10.5. The zero-order chi connectivity index (χ0) is 21.6. The van der Waals surface area contributed by atoms with Crippen LogP contribution >= 0.6 is 0 Å². The number of nitrogens with zero attached hydrogens (tertiary/aromatic N) is 5. The minimum Gasteiger partial charge on any atom is -0.497 e. The summed E-state index contributed by atoms with van der Waals surface area (Å²) in [6.07, 6.45) is 6.06. The summed E-state index contributed by atoms with van der Waals surface area (Å²) in [7, 11) is -0.187. The van der Waals surface area contributed by atoms with E-state index >= 15 is 0 Å². The Bertz CT molecular complexity index is 1380. The summed E-state index contributed by atoms with van der Waals surface area (Å²) >= 11 is 0. The van der Waals surface area contributed by atoms with Gasteiger partial charge >= 0.3 is 0 Å². The first-order valence-electron chi connectivity index (χ1n) is 9.86. The van der Waals surface area contributed by atoms with Crippen LogP contribution in [0.15, 0.2) is 59.9 Å². The van der Waals surface area contributed by atoms with Gasteiger partial charge in [-0.2, -0.15) is 9.40 Å². The van der Waals surface area contributed by atoms with Crippen LogP contribution in [0.1, 0.15) is 11.3 Å². The summed E-state index contributed by atoms with van der Waals surface area (Å²) in [6.45, 7) is 0.664. The number of benzene rings is 1. The fourth-order valence-corrected chi connectivity index (χ4v) is 5.25. The minimum atomic E-state index is -3.61. The lowest BCUT2D eigenvalue weighted by Gasteiger charge is -2.27. The number of pyridine rings is 2. The average Bonchev–Trinajstić information content (AvgIpc) is 3.23. The number of aryl methyl sites for hydroxylation is 1. The largest absolute Gasteiger partial charge is 0.497 e. The van der Waals surface area contributed by atoms with E-state index in [1.807, 2.05) is 25.4 Å². The minimum absolute atomic E-state index is 0.256. The van der Waals surface area contributed by atoms with Crippen LogP contribution in [0.25, 0.3) is 22.2 Å². The monoisotopic (exact) mass is 435 g/mol. The van der Waals surface area contributed by atoms with E-state index in [1.165, 1.54) is 4.31 Å². The molecule has 0 atom stereocenters. The van der Waals surface area contributed by atoms with Crippen molar-refractivity contribution in [1.29, 1.82) is 0 Å². The molecule has 0 aliphatic carbocycles. The highest BCUT2D eigenvalue weighted by Gasteiger charge is 2.29. The van der Waals surface area contributed by atoms with Gasteiger partial charge in [0.25, 0.3) is 0 Å². The third-order valence-electron chi connectivity index (χ3n) is 5.52. The van der Waals surface area contributed by atoms with Gasteiger partial charge in [0.1, 0.15) is 5.75 Å². The molecule has 5 rings (SSSR count). The molecular weight excluding hydrogens is 414 g/mol. The Morgan fingerprint density at radius 3 is 2.58 bits per heavy atom. The van der Waals surface area contributed by atoms with Gasteiger partial charge in [0.05, 0.1) is 18.2 Å². The molecule has 4 aromatic rings. The first-order valence-corrected chi connectivity index (χ1v) is 11.3. The van der Waals surface area contributed by atoms with Gasteiger partial charge in [-0.05, 0) is 42.0 Å². The molecule has 0 bridgehead atoms. The van der Waals surface area contributed by atoms with Crippen molar-refractivity contribution in [2.45, 2.75) is 17.9 Å². The van der Waals surface area contributed by atoms with E-state index in [0.29, 0.717) is 24.4 Å². The van der Waals surface area contributed by atoms with Crippen LogP contribution in [0.5, 0.6) is 5.75 Å². The van der Waals surface area contributed by atoms with Crippen molar-refractivity contribution >= 4 is 21.1 Å². The molecule has 0 saturated carbocycles. The summed E-state index contributed by atoms with van der Waals surface area (Å²) in [5.74, 6) is 0.621. The van der Waals surface area contributed by atoms with E-state index in [0.717, 1.165) is 27.8 Å². The molecule has 8 nitrogen and oxygen atoms in total. The molecule has 3 aromatic heterocycles. The average molecular weight is 436 g/mol. The molecule has 0 radical (unpaired) electrons. The van der Waals surface area contributed by atoms with Crippen LogP contribution in [-0.4, -0.2) is 46.1 Å². The first kappa shape index (κ1) is 19.7. The maximum atomic E-state index is 13.1. The van der Waals surface area contributed by atoms with Crippen LogP contribution in [0, 0.1) is 0 Å². The molecule has 0 fully saturated rings. The standard InChI is InChI=1S/C22H21N5O3S/c1-26-13-18(12-24-26)16-9-15-10-17-14-27(8-7-21(17)25-22(15)23-11-16)31(28,29)20-5-3-19(30-2)4-6-20/h3-6,9-13H,7-8,14H2,1-2H3. The molecule has 4 heterocycles. The van der Waals surface area contributed by atoms with Gasteiger partial charge in [-0.15, -0.1) is 0 Å². The van der Waals surface area contributed by atoms with Crippen molar-refractivity contribution in [1.82, 2.24) is 24.1 Å². The second kappa shape index (κ2) is 7.44. The zero-order valence-corrected chi connectivity index (χ0v) is 18.0. The van der Waals surface area contributed by atoms with Crippen LogP contribution < -0.4 is 4.74 Å². The molecule has 1 aliphatic heterocycles. The summed E-state index contributed by atoms with van der Waals surface area (Å²) < 4.78 is 34.7. The lowest BCUT2D eigenvalue weighted by Crippen LogP contribution is -2.36. The topological polar surface area (TPSA) is 90.2 Å². The Kier molecular flexibility index (Phi) is 4.71. The van der Waals surface area contributed by atoms with Crippen LogP contribution in [0.3, 0.4) is 0 Å². The number of fused-ring (bicyclic) bond motifs is 2. The second-order valence-corrected chi connectivity index (χ2v) is 9.47. The Balaban J connectivity index is 1.48. The van der Waals surface area contributed by atoms with E-state index in [4.69, 9.17) is 9.72 Å². The normalized spacial score (nSPS) is 14.5. The number of sulfonamides is 1. The molecule has 0 amide bonds. The van der Waals surface area contributed by atoms with Crippen LogP contribution in [-0.2, 0) is 30.0 Å². The van der Waals surface area contributed by atoms with Gasteiger partial charge < -0.3 is 4.74 Å². The fraction of sp³-hybridized carbons (Fsp3) is 0.227. The maximum absolute atomic E-state index is 13.1. The highest BCUT2D eigenvalue weighted by Crippen LogP contribution is 2.28. The van der Waals surface area contributed by atoms with Gasteiger partial charge in [-0.3, -0.25) is 4.68 Å². The molecule has 31 heavy (non-hydrogen) atoms. The molecule has 0 unspecified atom stereocenters. The highest BCUT2D eigenvalue weighted by atomic mass is 32.2. The Morgan fingerprint density at radius 1 is 1.06 bits per heavy atom. The van der Waals surface area contributed by atoms with E-state index in [9.17, 15) is 8.42 Å². The number of hydrogen-bond donors (Lipinski definition) is 0. The molecule has 1 aliphatic rings. The molecule has 158 valence electrons. The second-order valence-electron chi connectivity index (χ2n) is 7.53. The zero-order valence-electron chi connectivity index (χ0n) is 17.2. The van der Waals surface area contributed by atoms with Crippen molar-refractivity contribution in [3.63, 3.8) is 0 Å². The number of hydrogen-bond acceptors (Lipinski definition) is 6. The molecule has 0 saturated heterocycles. The Labute approximate surface area is 180 Å². The van der Waals surface area contributed by atoms with Gasteiger partial charge in [0.15, 0.2) is 5.65 Å². The fourth-order valence-electron chi connectivity index (χ4n) is 3.83. The van der Waals surface area contributed by atoms with E-state index in [2.05, 4.69) is 10.1 Å². The van der Waals surface area contributed by atoms with E-state index < -0.39 is 10.0 Å². The molecule has 9 heteroatoms. The highest BCUT2D eigenvalue weighted by molar-refractivity contribution is 7.89. The third kappa shape index (κ3) is 3.55. The van der Waals surface area contributed by atoms with Gasteiger partial charge in [0.2, 0.25) is 10.0 Å². The molecule has 0 N–H and O–H groups in total. The number of aromatic nitrogens is 4. The van der Waals surface area contributed by atoms with Crippen molar-refractivity contribution in [3.05, 3.63) is 66.2 Å². The van der Waals surface area contributed by atoms with Crippen molar-refractivity contribution in [2.75, 3.05) is 13.7 Å². The quantitative estimate of drug-likeness (QED) is 0.490. The van der Waals surface area contributed by atoms with Crippen LogP contribution in [0.4, 0.5) is 0 Å². The Hall–Kier alpha value is -3.30. The number of ether oxygens (including phenoxy) is 1. The summed E-state index contributed by atoms with van der Waals surface area (Å²) in [5, 5.41) is 5.09. The molecule has 0 spiro atoms.